The van der Waals surface area contributed by atoms with Crippen LogP contribution in [0.3, 0.4) is 0 Å². The zero-order valence-electron chi connectivity index (χ0n) is 15.4. The van der Waals surface area contributed by atoms with Gasteiger partial charge in [0, 0.05) is 18.5 Å². The number of amides is 2. The number of hydrogen-bond donors (Lipinski definition) is 1. The van der Waals surface area contributed by atoms with Crippen LogP contribution in [-0.2, 0) is 11.2 Å². The van der Waals surface area contributed by atoms with Crippen molar-refractivity contribution in [3.63, 3.8) is 0 Å². The molecule has 1 aliphatic heterocycles. The number of likely N-dealkylation sites (tertiary alicyclic amines) is 1. The van der Waals surface area contributed by atoms with Crippen molar-refractivity contribution in [2.45, 2.75) is 25.7 Å². The molecule has 0 atom stereocenters. The van der Waals surface area contributed by atoms with Gasteiger partial charge in [0.25, 0.3) is 5.91 Å². The van der Waals surface area contributed by atoms with Crippen LogP contribution in [0.5, 0.6) is 0 Å². The molecule has 0 radical (unpaired) electrons. The number of aromatic nitrogens is 1. The summed E-state index contributed by atoms with van der Waals surface area (Å²) in [5, 5.41) is 5.47. The number of para-hydroxylation sites is 1. The number of thiazole rings is 1. The fourth-order valence-corrected chi connectivity index (χ4v) is 4.09. The highest BCUT2D eigenvalue weighted by atomic mass is 32.1. The number of anilines is 1. The number of piperidine rings is 1. The van der Waals surface area contributed by atoms with E-state index in [2.05, 4.69) is 10.3 Å². The maximum absolute atomic E-state index is 12.8. The summed E-state index contributed by atoms with van der Waals surface area (Å²) in [6.07, 6.45) is 4.96. The van der Waals surface area contributed by atoms with Gasteiger partial charge in [-0.05, 0) is 43.5 Å². The van der Waals surface area contributed by atoms with E-state index in [0.29, 0.717) is 22.7 Å². The molecule has 7 heteroatoms. The van der Waals surface area contributed by atoms with Crippen LogP contribution in [0.25, 0.3) is 10.8 Å². The van der Waals surface area contributed by atoms with Gasteiger partial charge in [-0.2, -0.15) is 0 Å². The van der Waals surface area contributed by atoms with Crippen LogP contribution in [0.2, 0.25) is 0 Å². The number of rotatable bonds is 5. The molecule has 1 aromatic carbocycles. The quantitative estimate of drug-likeness (QED) is 0.702. The number of furan rings is 1. The van der Waals surface area contributed by atoms with Crippen LogP contribution in [0.4, 0.5) is 5.69 Å². The first kappa shape index (κ1) is 18.4. The fraction of sp³-hybridized carbons (Fsp3) is 0.286. The van der Waals surface area contributed by atoms with Gasteiger partial charge in [0.2, 0.25) is 5.91 Å². The molecule has 3 heterocycles. The van der Waals surface area contributed by atoms with Crippen molar-refractivity contribution in [3.05, 3.63) is 59.3 Å². The van der Waals surface area contributed by atoms with Crippen molar-refractivity contribution in [2.24, 2.45) is 0 Å². The van der Waals surface area contributed by atoms with E-state index >= 15 is 0 Å². The predicted octanol–water partition coefficient (Wildman–Crippen LogP) is 4.21. The Morgan fingerprint density at radius 3 is 2.71 bits per heavy atom. The lowest BCUT2D eigenvalue weighted by Gasteiger charge is -2.27. The van der Waals surface area contributed by atoms with Crippen molar-refractivity contribution < 1.29 is 14.0 Å². The van der Waals surface area contributed by atoms with E-state index in [-0.39, 0.29) is 18.2 Å². The van der Waals surface area contributed by atoms with E-state index in [1.807, 2.05) is 28.5 Å². The number of nitrogens with one attached hydrogen (secondary N) is 1. The van der Waals surface area contributed by atoms with Crippen LogP contribution in [-0.4, -0.2) is 34.8 Å². The van der Waals surface area contributed by atoms with Crippen LogP contribution < -0.4 is 5.32 Å². The van der Waals surface area contributed by atoms with Gasteiger partial charge >= 0.3 is 0 Å². The molecule has 1 saturated heterocycles. The monoisotopic (exact) mass is 395 g/mol. The average molecular weight is 395 g/mol. The van der Waals surface area contributed by atoms with Crippen molar-refractivity contribution in [2.75, 3.05) is 18.4 Å². The summed E-state index contributed by atoms with van der Waals surface area (Å²) in [4.78, 5) is 31.7. The second kappa shape index (κ2) is 8.39. The molecule has 4 rings (SSSR count). The Balaban J connectivity index is 1.44. The number of hydrogen-bond acceptors (Lipinski definition) is 5. The number of nitrogens with zero attached hydrogens (tertiary/aromatic N) is 2. The Labute approximate surface area is 167 Å². The molecular weight excluding hydrogens is 374 g/mol. The molecule has 2 amide bonds. The van der Waals surface area contributed by atoms with Gasteiger partial charge < -0.3 is 14.6 Å². The van der Waals surface area contributed by atoms with Gasteiger partial charge in [-0.3, -0.25) is 9.59 Å². The molecule has 2 aromatic heterocycles. The first-order valence-corrected chi connectivity index (χ1v) is 10.2. The molecule has 0 spiro atoms. The van der Waals surface area contributed by atoms with Gasteiger partial charge in [-0.25, -0.2) is 4.98 Å². The highest BCUT2D eigenvalue weighted by Crippen LogP contribution is 2.25. The highest BCUT2D eigenvalue weighted by Gasteiger charge is 2.21. The average Bonchev–Trinajstić information content (AvgIpc) is 3.40. The lowest BCUT2D eigenvalue weighted by atomic mass is 10.1. The normalized spacial score (nSPS) is 14.1. The molecule has 144 valence electrons. The molecule has 1 fully saturated rings. The Morgan fingerprint density at radius 2 is 1.93 bits per heavy atom. The lowest BCUT2D eigenvalue weighted by molar-refractivity contribution is -0.115. The van der Waals surface area contributed by atoms with Crippen molar-refractivity contribution in [1.82, 2.24) is 9.88 Å². The van der Waals surface area contributed by atoms with Gasteiger partial charge in [-0.15, -0.1) is 11.3 Å². The van der Waals surface area contributed by atoms with E-state index in [9.17, 15) is 9.59 Å². The predicted molar refractivity (Wildman–Crippen MR) is 108 cm³/mol. The molecule has 0 unspecified atom stereocenters. The third kappa shape index (κ3) is 4.14. The summed E-state index contributed by atoms with van der Waals surface area (Å²) in [6, 6.07) is 10.8. The lowest BCUT2D eigenvalue weighted by Crippen LogP contribution is -2.36. The molecule has 3 aromatic rings. The van der Waals surface area contributed by atoms with E-state index in [1.54, 1.807) is 24.5 Å². The molecule has 6 nitrogen and oxygen atoms in total. The first-order valence-electron chi connectivity index (χ1n) is 9.37. The highest BCUT2D eigenvalue weighted by molar-refractivity contribution is 7.13. The van der Waals surface area contributed by atoms with Crippen molar-refractivity contribution >= 4 is 28.8 Å². The van der Waals surface area contributed by atoms with Crippen LogP contribution >= 0.6 is 11.3 Å². The Bertz CT molecular complexity index is 959. The minimum absolute atomic E-state index is 0.0237. The smallest absolute Gasteiger partial charge is 0.255 e. The zero-order chi connectivity index (χ0) is 19.3. The Morgan fingerprint density at radius 1 is 1.11 bits per heavy atom. The van der Waals surface area contributed by atoms with E-state index < -0.39 is 0 Å². The summed E-state index contributed by atoms with van der Waals surface area (Å²) < 4.78 is 5.34. The van der Waals surface area contributed by atoms with Gasteiger partial charge in [0.15, 0.2) is 10.8 Å². The Kier molecular flexibility index (Phi) is 5.53. The summed E-state index contributed by atoms with van der Waals surface area (Å²) >= 11 is 1.44. The molecule has 0 bridgehead atoms. The topological polar surface area (TPSA) is 75.4 Å². The number of benzene rings is 1. The van der Waals surface area contributed by atoms with Crippen LogP contribution in [0.1, 0.15) is 35.3 Å². The minimum atomic E-state index is -0.199. The van der Waals surface area contributed by atoms with Crippen molar-refractivity contribution in [1.29, 1.82) is 0 Å². The van der Waals surface area contributed by atoms with Gasteiger partial charge in [-0.1, -0.05) is 12.1 Å². The summed E-state index contributed by atoms with van der Waals surface area (Å²) in [7, 11) is 0. The molecular formula is C21H21N3O3S. The standard InChI is InChI=1S/C21H21N3O3S/c25-19(13-15-14-28-20(22-15)18-9-6-12-27-18)23-17-8-3-2-7-16(17)21(26)24-10-4-1-5-11-24/h2-3,6-9,12,14H,1,4-5,10-11,13H2,(H,23,25). The maximum Gasteiger partial charge on any atom is 0.255 e. The second-order valence-corrected chi connectivity index (χ2v) is 7.60. The summed E-state index contributed by atoms with van der Waals surface area (Å²) in [6.45, 7) is 1.55. The maximum atomic E-state index is 12.8. The Hall–Kier alpha value is -2.93. The fourth-order valence-electron chi connectivity index (χ4n) is 3.31. The zero-order valence-corrected chi connectivity index (χ0v) is 16.2. The van der Waals surface area contributed by atoms with Crippen LogP contribution in [0, 0.1) is 0 Å². The molecule has 1 N–H and O–H groups in total. The van der Waals surface area contributed by atoms with Crippen LogP contribution in [0.15, 0.2) is 52.5 Å². The van der Waals surface area contributed by atoms with Crippen molar-refractivity contribution in [3.8, 4) is 10.8 Å². The third-order valence-electron chi connectivity index (χ3n) is 4.70. The summed E-state index contributed by atoms with van der Waals surface area (Å²) in [5.41, 5.74) is 1.76. The van der Waals surface area contributed by atoms with E-state index in [1.165, 1.54) is 11.3 Å². The minimum Gasteiger partial charge on any atom is -0.462 e. The molecule has 0 aliphatic carbocycles. The molecule has 28 heavy (non-hydrogen) atoms. The largest absolute Gasteiger partial charge is 0.462 e. The van der Waals surface area contributed by atoms with E-state index in [0.717, 1.165) is 37.4 Å². The molecule has 0 saturated carbocycles. The number of carbonyl (C=O) groups is 2. The van der Waals surface area contributed by atoms with E-state index in [4.69, 9.17) is 4.42 Å². The van der Waals surface area contributed by atoms with Gasteiger partial charge in [0.1, 0.15) is 0 Å². The van der Waals surface area contributed by atoms with Gasteiger partial charge in [0.05, 0.1) is 29.6 Å². The number of carbonyl (C=O) groups excluding carboxylic acids is 2. The summed E-state index contributed by atoms with van der Waals surface area (Å²) in [5.74, 6) is 0.466. The molecule has 1 aliphatic rings. The SMILES string of the molecule is O=C(Cc1csc(-c2ccco2)n1)Nc1ccccc1C(=O)N1CCCCC1. The third-order valence-corrected chi connectivity index (χ3v) is 5.61. The first-order chi connectivity index (χ1) is 13.7. The second-order valence-electron chi connectivity index (χ2n) is 6.74.